The first kappa shape index (κ1) is 41.1. The Morgan fingerprint density at radius 1 is 0.796 bits per heavy atom. The van der Waals surface area contributed by atoms with Crippen LogP contribution in [0, 0.1) is 5.92 Å². The fraction of sp³-hybridized carbons (Fsp3) is 0.500. The first-order valence-corrected chi connectivity index (χ1v) is 19.7. The van der Waals surface area contributed by atoms with Crippen LogP contribution < -0.4 is 0 Å². The Labute approximate surface area is 328 Å². The number of azide groups is 1. The van der Waals surface area contributed by atoms with Gasteiger partial charge in [0.2, 0.25) is 3.79 Å². The van der Waals surface area contributed by atoms with E-state index in [9.17, 15) is 19.1 Å². The number of nitrogens with zero attached hydrogens (tertiary/aromatic N) is 3. The van der Waals surface area contributed by atoms with Crippen LogP contribution in [0.25, 0.3) is 10.4 Å². The number of aliphatic hydroxyl groups excluding tert-OH is 1. The second-order valence-corrected chi connectivity index (χ2v) is 16.9. The number of halogens is 3. The van der Waals surface area contributed by atoms with E-state index in [1.807, 2.05) is 91.0 Å². The van der Waals surface area contributed by atoms with Crippen LogP contribution in [0.4, 0.5) is 0 Å². The molecular formula is C36H40Cl3N3O11S. The lowest BCUT2D eigenvalue weighted by Gasteiger charge is -2.47. The Morgan fingerprint density at radius 2 is 1.33 bits per heavy atom. The lowest BCUT2D eigenvalue weighted by Crippen LogP contribution is -2.63. The van der Waals surface area contributed by atoms with Gasteiger partial charge in [-0.2, -0.15) is 8.42 Å². The predicted molar refractivity (Wildman–Crippen MR) is 196 cm³/mol. The molecule has 2 bridgehead atoms. The summed E-state index contributed by atoms with van der Waals surface area (Å²) < 4.78 is 71.5. The fourth-order valence-corrected chi connectivity index (χ4v) is 7.74. The van der Waals surface area contributed by atoms with Gasteiger partial charge in [-0.25, -0.2) is 8.37 Å². The molecule has 292 valence electrons. The molecule has 3 fully saturated rings. The molecule has 18 heteroatoms. The van der Waals surface area contributed by atoms with Gasteiger partial charge in [0.25, 0.3) is 0 Å². The van der Waals surface area contributed by atoms with Crippen LogP contribution in [0.15, 0.2) is 96.1 Å². The van der Waals surface area contributed by atoms with Crippen molar-refractivity contribution in [1.82, 2.24) is 0 Å². The maximum Gasteiger partial charge on any atom is 0.400 e. The molecule has 54 heavy (non-hydrogen) atoms. The molecule has 2 aliphatic heterocycles. The summed E-state index contributed by atoms with van der Waals surface area (Å²) >= 11 is 17.0. The number of fused-ring (bicyclic) bond motifs is 2. The molecule has 14 nitrogen and oxygen atoms in total. The lowest BCUT2D eigenvalue weighted by molar-refractivity contribution is -0.338. The standard InChI is InChI=1S/C36H40Cl3N3O11S/c37-36(38,39)22-51-54(44,45)50-21-28-30(43)33(48-18-24-12-6-2-7-13-24)34(49-19-25-14-8-3-9-15-25)35(52-28)53-31-26-16-27(46-20-26)29(41-42-40)32(31)47-17-23-10-4-1-5-11-23/h1-15,26-35,43H,16-22H2/t26-,27-,28-,29+,30-,31-,32-,33+,34-,35+/m1/s1. The molecule has 3 aromatic rings. The number of aliphatic hydroxyl groups is 1. The molecule has 10 atom stereocenters. The van der Waals surface area contributed by atoms with Crippen LogP contribution >= 0.6 is 34.8 Å². The lowest BCUT2D eigenvalue weighted by atomic mass is 9.82. The number of hydrogen-bond donors (Lipinski definition) is 1. The van der Waals surface area contributed by atoms with E-state index in [0.717, 1.165) is 16.7 Å². The highest BCUT2D eigenvalue weighted by molar-refractivity contribution is 7.81. The molecule has 3 aromatic carbocycles. The summed E-state index contributed by atoms with van der Waals surface area (Å²) in [6.45, 7) is -0.924. The van der Waals surface area contributed by atoms with Crippen molar-refractivity contribution < 1.29 is 50.3 Å². The summed E-state index contributed by atoms with van der Waals surface area (Å²) in [6, 6.07) is 27.4. The van der Waals surface area contributed by atoms with E-state index < -0.39 is 82.5 Å². The molecule has 1 saturated carbocycles. The SMILES string of the molecule is [N-]=[N+]=N[C@@H]1[C@@H](OCc2ccccc2)[C@H](O[C@@H]2O[C@H](COS(=O)(=O)OCC(Cl)(Cl)Cl)[C@@H](O)[C@H](OCc3ccccc3)[C@H]2OCc2ccccc2)[C@H]2CO[C@@H]1C2. The van der Waals surface area contributed by atoms with Crippen LogP contribution in [0.2, 0.25) is 0 Å². The zero-order valence-corrected chi connectivity index (χ0v) is 31.9. The highest BCUT2D eigenvalue weighted by Gasteiger charge is 2.55. The molecule has 2 saturated heterocycles. The van der Waals surface area contributed by atoms with Gasteiger partial charge in [0, 0.05) is 10.8 Å². The minimum absolute atomic E-state index is 0.0576. The molecule has 0 unspecified atom stereocenters. The highest BCUT2D eigenvalue weighted by Crippen LogP contribution is 2.41. The third-order valence-electron chi connectivity index (χ3n) is 9.26. The van der Waals surface area contributed by atoms with E-state index in [2.05, 4.69) is 10.0 Å². The zero-order chi connectivity index (χ0) is 38.1. The van der Waals surface area contributed by atoms with Gasteiger partial charge in [0.15, 0.2) is 6.29 Å². The monoisotopic (exact) mass is 827 g/mol. The van der Waals surface area contributed by atoms with Gasteiger partial charge in [-0.3, -0.25) is 0 Å². The molecule has 6 rings (SSSR count). The Bertz CT molecular complexity index is 1780. The predicted octanol–water partition coefficient (Wildman–Crippen LogP) is 5.96. The Morgan fingerprint density at radius 3 is 1.87 bits per heavy atom. The van der Waals surface area contributed by atoms with E-state index >= 15 is 0 Å². The van der Waals surface area contributed by atoms with E-state index in [-0.39, 0.29) is 25.7 Å². The van der Waals surface area contributed by atoms with Crippen molar-refractivity contribution in [2.45, 2.75) is 85.1 Å². The van der Waals surface area contributed by atoms with Gasteiger partial charge < -0.3 is 33.5 Å². The van der Waals surface area contributed by atoms with Crippen molar-refractivity contribution in [3.8, 4) is 0 Å². The van der Waals surface area contributed by atoms with Crippen LogP contribution in [-0.2, 0) is 67.0 Å². The van der Waals surface area contributed by atoms with Gasteiger partial charge in [-0.1, -0.05) is 131 Å². The van der Waals surface area contributed by atoms with Crippen molar-refractivity contribution in [3.63, 3.8) is 0 Å². The Kier molecular flexibility index (Phi) is 14.5. The normalized spacial score (nSPS) is 29.8. The summed E-state index contributed by atoms with van der Waals surface area (Å²) in [5.74, 6) is -0.208. The van der Waals surface area contributed by atoms with Crippen LogP contribution in [0.1, 0.15) is 23.1 Å². The van der Waals surface area contributed by atoms with Crippen molar-refractivity contribution in [2.24, 2.45) is 11.0 Å². The van der Waals surface area contributed by atoms with E-state index in [4.69, 9.17) is 71.6 Å². The van der Waals surface area contributed by atoms with Gasteiger partial charge >= 0.3 is 10.4 Å². The number of alkyl halides is 3. The molecule has 3 aliphatic rings. The largest absolute Gasteiger partial charge is 0.400 e. The summed E-state index contributed by atoms with van der Waals surface area (Å²) in [5, 5.41) is 15.8. The molecule has 0 amide bonds. The maximum atomic E-state index is 12.6. The smallest absolute Gasteiger partial charge is 0.387 e. The summed E-state index contributed by atoms with van der Waals surface area (Å²) in [7, 11) is -4.72. The average Bonchev–Trinajstić information content (AvgIpc) is 3.61. The van der Waals surface area contributed by atoms with Crippen molar-refractivity contribution in [2.75, 3.05) is 19.8 Å². The zero-order valence-electron chi connectivity index (χ0n) is 28.8. The summed E-state index contributed by atoms with van der Waals surface area (Å²) in [6.07, 6.45) is -7.80. The average molecular weight is 829 g/mol. The van der Waals surface area contributed by atoms with Gasteiger partial charge in [0.1, 0.15) is 31.0 Å². The third kappa shape index (κ3) is 11.3. The molecular weight excluding hydrogens is 789 g/mol. The number of benzene rings is 3. The molecule has 2 heterocycles. The van der Waals surface area contributed by atoms with Crippen LogP contribution in [0.5, 0.6) is 0 Å². The molecule has 0 spiro atoms. The first-order chi connectivity index (χ1) is 26.0. The van der Waals surface area contributed by atoms with Crippen molar-refractivity contribution >= 4 is 45.2 Å². The topological polar surface area (TPSA) is 177 Å². The summed E-state index contributed by atoms with van der Waals surface area (Å²) in [4.78, 5) is 3.10. The Hall–Kier alpha value is -2.57. The fourth-order valence-electron chi connectivity index (χ4n) is 6.69. The molecule has 0 aromatic heterocycles. The van der Waals surface area contributed by atoms with Crippen molar-refractivity contribution in [3.05, 3.63) is 118 Å². The summed E-state index contributed by atoms with van der Waals surface area (Å²) in [5.41, 5.74) is 12.1. The second-order valence-electron chi connectivity index (χ2n) is 13.1. The van der Waals surface area contributed by atoms with E-state index in [0.29, 0.717) is 13.0 Å². The number of ether oxygens (including phenoxy) is 6. The number of rotatable bonds is 17. The van der Waals surface area contributed by atoms with Gasteiger partial charge in [0.05, 0.1) is 57.4 Å². The van der Waals surface area contributed by atoms with E-state index in [1.165, 1.54) is 0 Å². The quantitative estimate of drug-likeness (QED) is 0.0736. The van der Waals surface area contributed by atoms with Gasteiger partial charge in [-0.05, 0) is 28.6 Å². The minimum Gasteiger partial charge on any atom is -0.387 e. The second kappa shape index (κ2) is 19.0. The molecule has 1 N–H and O–H groups in total. The molecule has 0 radical (unpaired) electrons. The van der Waals surface area contributed by atoms with Crippen LogP contribution in [0.3, 0.4) is 0 Å². The third-order valence-corrected chi connectivity index (χ3v) is 10.4. The van der Waals surface area contributed by atoms with Crippen LogP contribution in [-0.4, -0.2) is 92.2 Å². The Balaban J connectivity index is 1.31. The maximum absolute atomic E-state index is 12.6. The number of hydrogen-bond acceptors (Lipinski definition) is 12. The minimum atomic E-state index is -4.72. The van der Waals surface area contributed by atoms with Gasteiger partial charge in [-0.15, -0.1) is 0 Å². The highest BCUT2D eigenvalue weighted by atomic mass is 35.6. The van der Waals surface area contributed by atoms with Crippen molar-refractivity contribution in [1.29, 1.82) is 0 Å². The van der Waals surface area contributed by atoms with E-state index in [1.54, 1.807) is 0 Å². The molecule has 1 aliphatic carbocycles. The first-order valence-electron chi connectivity index (χ1n) is 17.2.